The third-order valence-corrected chi connectivity index (χ3v) is 7.03. The number of imidazole rings is 1. The van der Waals surface area contributed by atoms with E-state index in [1.54, 1.807) is 0 Å². The molecular weight excluding hydrogens is 580 g/mol. The molecule has 3 aromatic rings. The number of rotatable bonds is 26. The smallest absolute Gasteiger partial charge is 0.222 e. The van der Waals surface area contributed by atoms with Crippen LogP contribution in [-0.2, 0) is 46.2 Å². The number of unbranched alkanes of at least 4 members (excludes halogenated alkanes) is 2. The van der Waals surface area contributed by atoms with Crippen molar-refractivity contribution < 1.29 is 33.3 Å². The molecule has 0 saturated carbocycles. The van der Waals surface area contributed by atoms with E-state index in [2.05, 4.69) is 27.9 Å². The van der Waals surface area contributed by atoms with E-state index >= 15 is 0 Å². The van der Waals surface area contributed by atoms with Gasteiger partial charge >= 0.3 is 0 Å². The molecule has 0 spiro atoms. The Hall–Kier alpha value is -3.36. The first kappa shape index (κ1) is 36.1. The molecule has 0 aliphatic carbocycles. The minimum Gasteiger partial charge on any atom is -0.382 e. The molecule has 250 valence electrons. The van der Waals surface area contributed by atoms with Crippen molar-refractivity contribution in [1.29, 1.82) is 0 Å². The van der Waals surface area contributed by atoms with E-state index in [0.717, 1.165) is 66.4 Å². The minimum atomic E-state index is -0.379. The zero-order valence-corrected chi connectivity index (χ0v) is 26.6. The number of para-hydroxylation sites is 1. The number of anilines is 1. The molecule has 0 bridgehead atoms. The van der Waals surface area contributed by atoms with Crippen molar-refractivity contribution in [2.24, 2.45) is 5.73 Å². The number of primary amides is 1. The molecule has 1 aromatic carbocycles. The van der Waals surface area contributed by atoms with E-state index in [0.29, 0.717) is 84.9 Å². The number of aromatic nitrogens is 3. The third kappa shape index (κ3) is 13.3. The molecule has 0 aliphatic heterocycles. The number of fused-ring (bicyclic) bond motifs is 3. The first-order chi connectivity index (χ1) is 22.0. The molecule has 0 unspecified atom stereocenters. The first-order valence-electron chi connectivity index (χ1n) is 16.0. The maximum Gasteiger partial charge on any atom is 0.222 e. The van der Waals surface area contributed by atoms with Crippen LogP contribution in [0.2, 0.25) is 0 Å². The Bertz CT molecular complexity index is 1300. The van der Waals surface area contributed by atoms with Crippen LogP contribution in [0, 0.1) is 0 Å². The van der Waals surface area contributed by atoms with E-state index in [9.17, 15) is 9.59 Å². The summed E-state index contributed by atoms with van der Waals surface area (Å²) >= 11 is 0. The second-order valence-electron chi connectivity index (χ2n) is 10.6. The van der Waals surface area contributed by atoms with Crippen molar-refractivity contribution in [2.45, 2.75) is 58.4 Å². The lowest BCUT2D eigenvalue weighted by Crippen LogP contribution is -2.26. The number of amides is 2. The molecule has 0 aliphatic rings. The van der Waals surface area contributed by atoms with Crippen molar-refractivity contribution in [3.8, 4) is 0 Å². The number of carbonyl (C=O) groups excluding carboxylic acids is 2. The Morgan fingerprint density at radius 1 is 0.800 bits per heavy atom. The van der Waals surface area contributed by atoms with Crippen molar-refractivity contribution in [3.63, 3.8) is 0 Å². The molecule has 13 heteroatoms. The third-order valence-electron chi connectivity index (χ3n) is 7.03. The molecule has 0 saturated heterocycles. The van der Waals surface area contributed by atoms with Gasteiger partial charge in [-0.3, -0.25) is 9.59 Å². The van der Waals surface area contributed by atoms with Crippen LogP contribution in [0.5, 0.6) is 0 Å². The number of nitrogen functional groups attached to an aromatic ring is 1. The predicted octanol–water partition coefficient (Wildman–Crippen LogP) is 2.75. The quantitative estimate of drug-likeness (QED) is 0.112. The number of ether oxygens (including phenoxy) is 5. The Morgan fingerprint density at radius 2 is 1.40 bits per heavy atom. The van der Waals surface area contributed by atoms with E-state index in [1.165, 1.54) is 0 Å². The van der Waals surface area contributed by atoms with Gasteiger partial charge in [0.05, 0.1) is 77.1 Å². The number of nitrogens with one attached hydrogen (secondary N) is 1. The van der Waals surface area contributed by atoms with Gasteiger partial charge in [-0.05, 0) is 25.3 Å². The average molecular weight is 631 g/mol. The van der Waals surface area contributed by atoms with Crippen LogP contribution in [0.25, 0.3) is 21.9 Å². The van der Waals surface area contributed by atoms with Crippen LogP contribution < -0.4 is 16.8 Å². The summed E-state index contributed by atoms with van der Waals surface area (Å²) in [6.07, 6.45) is 5.32. The second kappa shape index (κ2) is 21.4. The van der Waals surface area contributed by atoms with Gasteiger partial charge in [-0.25, -0.2) is 9.97 Å². The summed E-state index contributed by atoms with van der Waals surface area (Å²) in [4.78, 5) is 32.3. The van der Waals surface area contributed by atoms with E-state index in [4.69, 9.17) is 40.1 Å². The summed E-state index contributed by atoms with van der Waals surface area (Å²) in [5.74, 6) is 1.10. The average Bonchev–Trinajstić information content (AvgIpc) is 3.40. The predicted molar refractivity (Wildman–Crippen MR) is 173 cm³/mol. The summed E-state index contributed by atoms with van der Waals surface area (Å²) in [7, 11) is 0. The lowest BCUT2D eigenvalue weighted by Gasteiger charge is -2.11. The summed E-state index contributed by atoms with van der Waals surface area (Å²) < 4.78 is 29.3. The normalized spacial score (nSPS) is 11.5. The number of nitrogens with zero attached hydrogens (tertiary/aromatic N) is 3. The van der Waals surface area contributed by atoms with Crippen molar-refractivity contribution in [3.05, 3.63) is 30.1 Å². The zero-order valence-electron chi connectivity index (χ0n) is 26.6. The number of carbonyl (C=O) groups is 2. The highest BCUT2D eigenvalue weighted by Gasteiger charge is 2.17. The Balaban J connectivity index is 1.20. The second-order valence-corrected chi connectivity index (χ2v) is 10.6. The van der Waals surface area contributed by atoms with Crippen LogP contribution in [-0.4, -0.2) is 99.0 Å². The number of benzene rings is 1. The van der Waals surface area contributed by atoms with Crippen LogP contribution in [0.1, 0.15) is 51.3 Å². The van der Waals surface area contributed by atoms with Crippen molar-refractivity contribution in [2.75, 3.05) is 78.3 Å². The fraction of sp³-hybridized carbons (Fsp3) is 0.625. The number of aryl methyl sites for hydroxylation is 2. The van der Waals surface area contributed by atoms with E-state index in [-0.39, 0.29) is 18.2 Å². The number of nitrogens with two attached hydrogens (primary N) is 2. The van der Waals surface area contributed by atoms with Crippen LogP contribution in [0.4, 0.5) is 5.82 Å². The van der Waals surface area contributed by atoms with Gasteiger partial charge < -0.3 is 45.0 Å². The van der Waals surface area contributed by atoms with Crippen molar-refractivity contribution >= 4 is 39.6 Å². The number of pyridine rings is 1. The summed E-state index contributed by atoms with van der Waals surface area (Å²) in [6.45, 7) is 7.77. The van der Waals surface area contributed by atoms with Gasteiger partial charge in [0.15, 0.2) is 5.82 Å². The largest absolute Gasteiger partial charge is 0.382 e. The maximum atomic E-state index is 12.2. The molecule has 2 amide bonds. The highest BCUT2D eigenvalue weighted by Crippen LogP contribution is 2.29. The topological polar surface area (TPSA) is 175 Å². The lowest BCUT2D eigenvalue weighted by atomic mass is 10.2. The number of hydrogen-bond donors (Lipinski definition) is 3. The highest BCUT2D eigenvalue weighted by molar-refractivity contribution is 6.06. The number of hydrogen-bond acceptors (Lipinski definition) is 10. The SMILES string of the molecule is CCCCc1nc2c(N)nc3ccccc3c2n1CCCCNC(=O)CCOCCOCCOCCOCCOCCC(N)=O. The van der Waals surface area contributed by atoms with Gasteiger partial charge in [0.1, 0.15) is 11.3 Å². The fourth-order valence-corrected chi connectivity index (χ4v) is 4.70. The van der Waals surface area contributed by atoms with Gasteiger partial charge in [-0.15, -0.1) is 0 Å². The first-order valence-corrected chi connectivity index (χ1v) is 16.0. The standard InChI is InChI=1S/C32H50N6O7/c1-2-3-10-28-37-30-31(25-8-4-5-9-26(25)36-32(30)34)38(28)14-7-6-13-35-29(40)12-16-42-18-20-44-22-24-45-23-21-43-19-17-41-15-11-27(33)39/h4-5,8-9H,2-3,6-7,10-24H2,1H3,(H2,33,39)(H2,34,36)(H,35,40). The molecule has 3 rings (SSSR count). The molecule has 2 aromatic heterocycles. The molecule has 0 radical (unpaired) electrons. The molecule has 2 heterocycles. The van der Waals surface area contributed by atoms with Crippen LogP contribution in [0.3, 0.4) is 0 Å². The highest BCUT2D eigenvalue weighted by atomic mass is 16.6. The molecular formula is C32H50N6O7. The minimum absolute atomic E-state index is 0.0229. The van der Waals surface area contributed by atoms with Crippen LogP contribution >= 0.6 is 0 Å². The Labute approximate surface area is 265 Å². The molecule has 0 atom stereocenters. The monoisotopic (exact) mass is 630 g/mol. The fourth-order valence-electron chi connectivity index (χ4n) is 4.70. The summed E-state index contributed by atoms with van der Waals surface area (Å²) in [5, 5.41) is 4.05. The van der Waals surface area contributed by atoms with Gasteiger partial charge in [-0.1, -0.05) is 31.5 Å². The van der Waals surface area contributed by atoms with Gasteiger partial charge in [0.25, 0.3) is 0 Å². The van der Waals surface area contributed by atoms with Gasteiger partial charge in [0.2, 0.25) is 11.8 Å². The molecule has 45 heavy (non-hydrogen) atoms. The maximum absolute atomic E-state index is 12.2. The van der Waals surface area contributed by atoms with E-state index < -0.39 is 0 Å². The lowest BCUT2D eigenvalue weighted by molar-refractivity contribution is -0.122. The van der Waals surface area contributed by atoms with Gasteiger partial charge in [-0.2, -0.15) is 0 Å². The summed E-state index contributed by atoms with van der Waals surface area (Å²) in [5.41, 5.74) is 14.0. The molecule has 5 N–H and O–H groups in total. The van der Waals surface area contributed by atoms with Crippen LogP contribution in [0.15, 0.2) is 24.3 Å². The molecule has 13 nitrogen and oxygen atoms in total. The van der Waals surface area contributed by atoms with E-state index in [1.807, 2.05) is 18.2 Å². The summed E-state index contributed by atoms with van der Waals surface area (Å²) in [6, 6.07) is 8.04. The zero-order chi connectivity index (χ0) is 32.1. The van der Waals surface area contributed by atoms with Gasteiger partial charge in [0, 0.05) is 37.7 Å². The molecule has 0 fully saturated rings. The van der Waals surface area contributed by atoms with Crippen molar-refractivity contribution in [1.82, 2.24) is 19.9 Å². The Morgan fingerprint density at radius 3 is 2.02 bits per heavy atom. The Kier molecular flexibility index (Phi) is 17.2.